The number of benzene rings is 1. The number of hydrogen-bond acceptors (Lipinski definition) is 4. The summed E-state index contributed by atoms with van der Waals surface area (Å²) in [6.45, 7) is 9.00. The van der Waals surface area contributed by atoms with E-state index in [1.807, 2.05) is 45.0 Å². The van der Waals surface area contributed by atoms with Gasteiger partial charge in [0.15, 0.2) is 0 Å². The SMILES string of the molecule is CCCCC(=O)Nc1ccccc1NC1CCCN(C(=O)OC(C)(C)C)C1. The number of piperidine rings is 1. The van der Waals surface area contributed by atoms with E-state index < -0.39 is 5.60 Å². The van der Waals surface area contributed by atoms with Crippen LogP contribution in [0.2, 0.25) is 0 Å². The summed E-state index contributed by atoms with van der Waals surface area (Å²) in [5, 5.41) is 6.49. The predicted octanol–water partition coefficient (Wildman–Crippen LogP) is 4.63. The fraction of sp³-hybridized carbons (Fsp3) is 0.619. The van der Waals surface area contributed by atoms with E-state index in [1.165, 1.54) is 0 Å². The van der Waals surface area contributed by atoms with E-state index in [2.05, 4.69) is 17.6 Å². The minimum absolute atomic E-state index is 0.0325. The number of anilines is 2. The van der Waals surface area contributed by atoms with Gasteiger partial charge in [-0.25, -0.2) is 4.79 Å². The lowest BCUT2D eigenvalue weighted by atomic mass is 10.1. The number of para-hydroxylation sites is 2. The molecule has 0 aliphatic carbocycles. The highest BCUT2D eigenvalue weighted by molar-refractivity contribution is 5.94. The maximum Gasteiger partial charge on any atom is 0.410 e. The van der Waals surface area contributed by atoms with E-state index in [4.69, 9.17) is 4.74 Å². The van der Waals surface area contributed by atoms with Crippen molar-refractivity contribution in [2.24, 2.45) is 0 Å². The van der Waals surface area contributed by atoms with Gasteiger partial charge in [0.25, 0.3) is 0 Å². The van der Waals surface area contributed by atoms with Crippen LogP contribution < -0.4 is 10.6 Å². The van der Waals surface area contributed by atoms with Crippen LogP contribution in [-0.4, -0.2) is 41.6 Å². The van der Waals surface area contributed by atoms with Gasteiger partial charge in [0.1, 0.15) is 5.60 Å². The molecule has 1 atom stereocenters. The number of nitrogens with one attached hydrogen (secondary N) is 2. The van der Waals surface area contributed by atoms with Crippen LogP contribution in [0.3, 0.4) is 0 Å². The maximum atomic E-state index is 12.3. The summed E-state index contributed by atoms with van der Waals surface area (Å²) in [4.78, 5) is 26.2. The van der Waals surface area contributed by atoms with Gasteiger partial charge in [0.2, 0.25) is 5.91 Å². The molecule has 0 aromatic heterocycles. The van der Waals surface area contributed by atoms with Crippen LogP contribution in [0.25, 0.3) is 0 Å². The highest BCUT2D eigenvalue weighted by atomic mass is 16.6. The molecule has 2 rings (SSSR count). The van der Waals surface area contributed by atoms with Gasteiger partial charge >= 0.3 is 6.09 Å². The molecule has 2 amide bonds. The number of hydrogen-bond donors (Lipinski definition) is 2. The molecule has 1 aromatic carbocycles. The number of rotatable bonds is 6. The van der Waals surface area contributed by atoms with Gasteiger partial charge in [0.05, 0.1) is 11.4 Å². The van der Waals surface area contributed by atoms with Gasteiger partial charge in [-0.2, -0.15) is 0 Å². The van der Waals surface area contributed by atoms with E-state index in [0.717, 1.165) is 37.1 Å². The Bertz CT molecular complexity index is 640. The Morgan fingerprint density at radius 3 is 2.59 bits per heavy atom. The summed E-state index contributed by atoms with van der Waals surface area (Å²) < 4.78 is 5.49. The second-order valence-electron chi connectivity index (χ2n) is 8.11. The highest BCUT2D eigenvalue weighted by Crippen LogP contribution is 2.25. The second kappa shape index (κ2) is 9.62. The van der Waals surface area contributed by atoms with Gasteiger partial charge in [0, 0.05) is 25.6 Å². The molecule has 6 nitrogen and oxygen atoms in total. The third-order valence-corrected chi connectivity index (χ3v) is 4.39. The zero-order valence-electron chi connectivity index (χ0n) is 17.0. The first-order valence-electron chi connectivity index (χ1n) is 9.92. The van der Waals surface area contributed by atoms with Crippen molar-refractivity contribution in [3.63, 3.8) is 0 Å². The van der Waals surface area contributed by atoms with Crippen LogP contribution in [0.15, 0.2) is 24.3 Å². The zero-order chi connectivity index (χ0) is 19.9. The first kappa shape index (κ1) is 21.1. The van der Waals surface area contributed by atoms with Gasteiger partial charge in [-0.3, -0.25) is 4.79 Å². The molecular weight excluding hydrogens is 342 g/mol. The molecule has 1 fully saturated rings. The average molecular weight is 376 g/mol. The molecular formula is C21H33N3O3. The van der Waals surface area contributed by atoms with Crippen LogP contribution in [0.4, 0.5) is 16.2 Å². The largest absolute Gasteiger partial charge is 0.444 e. The quantitative estimate of drug-likeness (QED) is 0.761. The summed E-state index contributed by atoms with van der Waals surface area (Å²) in [7, 11) is 0. The fourth-order valence-corrected chi connectivity index (χ4v) is 3.08. The lowest BCUT2D eigenvalue weighted by Crippen LogP contribution is -2.47. The topological polar surface area (TPSA) is 70.7 Å². The average Bonchev–Trinajstić information content (AvgIpc) is 2.60. The lowest BCUT2D eigenvalue weighted by molar-refractivity contribution is -0.116. The molecule has 6 heteroatoms. The van der Waals surface area contributed by atoms with Gasteiger partial charge < -0.3 is 20.3 Å². The highest BCUT2D eigenvalue weighted by Gasteiger charge is 2.27. The lowest BCUT2D eigenvalue weighted by Gasteiger charge is -2.35. The van der Waals surface area contributed by atoms with E-state index in [9.17, 15) is 9.59 Å². The number of carbonyl (C=O) groups excluding carboxylic acids is 2. The summed E-state index contributed by atoms with van der Waals surface area (Å²) in [6, 6.07) is 7.84. The molecule has 2 N–H and O–H groups in total. The fourth-order valence-electron chi connectivity index (χ4n) is 3.08. The van der Waals surface area contributed by atoms with Crippen LogP contribution >= 0.6 is 0 Å². The first-order chi connectivity index (χ1) is 12.8. The molecule has 1 aromatic rings. The van der Waals surface area contributed by atoms with Gasteiger partial charge in [-0.15, -0.1) is 0 Å². The molecule has 1 saturated heterocycles. The van der Waals surface area contributed by atoms with Crippen LogP contribution in [0.5, 0.6) is 0 Å². The molecule has 0 radical (unpaired) electrons. The van der Waals surface area contributed by atoms with Crippen LogP contribution in [-0.2, 0) is 9.53 Å². The van der Waals surface area contributed by atoms with Crippen molar-refractivity contribution in [1.29, 1.82) is 0 Å². The minimum atomic E-state index is -0.493. The smallest absolute Gasteiger partial charge is 0.410 e. The normalized spacial score (nSPS) is 17.3. The van der Waals surface area contributed by atoms with Crippen molar-refractivity contribution in [2.45, 2.75) is 71.4 Å². The van der Waals surface area contributed by atoms with Crippen molar-refractivity contribution in [3.05, 3.63) is 24.3 Å². The monoisotopic (exact) mass is 375 g/mol. The Hall–Kier alpha value is -2.24. The van der Waals surface area contributed by atoms with Crippen molar-refractivity contribution < 1.29 is 14.3 Å². The molecule has 0 bridgehead atoms. The standard InChI is InChI=1S/C21H33N3O3/c1-5-6-13-19(25)23-18-12-8-7-11-17(18)22-16-10-9-14-24(15-16)20(26)27-21(2,3)4/h7-8,11-12,16,22H,5-6,9-10,13-15H2,1-4H3,(H,23,25). The zero-order valence-corrected chi connectivity index (χ0v) is 17.0. The number of carbonyl (C=O) groups is 2. The van der Waals surface area contributed by atoms with Crippen molar-refractivity contribution >= 4 is 23.4 Å². The van der Waals surface area contributed by atoms with Gasteiger partial charge in [-0.05, 0) is 52.2 Å². The number of unbranched alkanes of at least 4 members (excludes halogenated alkanes) is 1. The molecule has 0 spiro atoms. The van der Waals surface area contributed by atoms with E-state index in [-0.39, 0.29) is 18.0 Å². The summed E-state index contributed by atoms with van der Waals surface area (Å²) in [5.41, 5.74) is 1.18. The molecule has 150 valence electrons. The molecule has 27 heavy (non-hydrogen) atoms. The van der Waals surface area contributed by atoms with Crippen LogP contribution in [0, 0.1) is 0 Å². The van der Waals surface area contributed by atoms with Gasteiger partial charge in [-0.1, -0.05) is 25.5 Å². The molecule has 0 saturated carbocycles. The number of nitrogens with zero attached hydrogens (tertiary/aromatic N) is 1. The summed E-state index contributed by atoms with van der Waals surface area (Å²) in [6.07, 6.45) is 4.03. The van der Waals surface area contributed by atoms with E-state index >= 15 is 0 Å². The first-order valence-corrected chi connectivity index (χ1v) is 9.92. The van der Waals surface area contributed by atoms with Crippen LogP contribution in [0.1, 0.15) is 59.8 Å². The van der Waals surface area contributed by atoms with Crippen molar-refractivity contribution in [2.75, 3.05) is 23.7 Å². The van der Waals surface area contributed by atoms with Crippen molar-refractivity contribution in [3.8, 4) is 0 Å². The van der Waals surface area contributed by atoms with E-state index in [1.54, 1.807) is 4.90 Å². The molecule has 1 aliphatic heterocycles. The number of amides is 2. The third kappa shape index (κ3) is 7.12. The Balaban J connectivity index is 1.98. The number of ether oxygens (including phenoxy) is 1. The Kier molecular flexibility index (Phi) is 7.51. The molecule has 1 heterocycles. The minimum Gasteiger partial charge on any atom is -0.444 e. The maximum absolute atomic E-state index is 12.3. The Morgan fingerprint density at radius 1 is 1.22 bits per heavy atom. The Labute approximate surface area is 162 Å². The summed E-state index contributed by atoms with van der Waals surface area (Å²) in [5.74, 6) is 0.0325. The summed E-state index contributed by atoms with van der Waals surface area (Å²) >= 11 is 0. The number of likely N-dealkylation sites (tertiary alicyclic amines) is 1. The second-order valence-corrected chi connectivity index (χ2v) is 8.11. The third-order valence-electron chi connectivity index (χ3n) is 4.39. The van der Waals surface area contributed by atoms with E-state index in [0.29, 0.717) is 19.5 Å². The Morgan fingerprint density at radius 2 is 1.93 bits per heavy atom. The molecule has 1 aliphatic rings. The predicted molar refractivity (Wildman–Crippen MR) is 109 cm³/mol. The van der Waals surface area contributed by atoms with Crippen molar-refractivity contribution in [1.82, 2.24) is 4.90 Å². The molecule has 1 unspecified atom stereocenters.